The fourth-order valence-corrected chi connectivity index (χ4v) is 6.55. The molecule has 1 saturated heterocycles. The van der Waals surface area contributed by atoms with Crippen LogP contribution in [0.4, 0.5) is 11.4 Å². The summed E-state index contributed by atoms with van der Waals surface area (Å²) >= 11 is 3.32. The van der Waals surface area contributed by atoms with Crippen LogP contribution in [0.15, 0.2) is 47.2 Å². The molecular formula is C24H24N4O4S2. The van der Waals surface area contributed by atoms with Crippen molar-refractivity contribution in [2.45, 2.75) is 19.4 Å². The van der Waals surface area contributed by atoms with Crippen molar-refractivity contribution in [1.82, 2.24) is 9.80 Å². The standard InChI is InChI=1S/C24H24N4O4S2/c1-16(29)25-9-11-26(12-10-25)19-5-4-17(15-20(19)28(31)32)24(30)27-8-6-21-18(7-14-34-21)23(27)22-3-2-13-33-22/h2-5,7,13-15,23H,6,8-12H2,1H3. The van der Waals surface area contributed by atoms with Gasteiger partial charge in [0.05, 0.1) is 11.0 Å². The van der Waals surface area contributed by atoms with Crippen molar-refractivity contribution in [3.8, 4) is 0 Å². The van der Waals surface area contributed by atoms with Gasteiger partial charge in [0.2, 0.25) is 5.91 Å². The van der Waals surface area contributed by atoms with Crippen LogP contribution in [0, 0.1) is 10.1 Å². The molecule has 2 aliphatic heterocycles. The molecule has 8 nitrogen and oxygen atoms in total. The number of rotatable bonds is 4. The Morgan fingerprint density at radius 3 is 2.50 bits per heavy atom. The van der Waals surface area contributed by atoms with Gasteiger partial charge in [0, 0.05) is 61.0 Å². The van der Waals surface area contributed by atoms with E-state index in [0.717, 1.165) is 16.9 Å². The Kier molecular flexibility index (Phi) is 6.09. The second kappa shape index (κ2) is 9.19. The maximum atomic E-state index is 13.7. The summed E-state index contributed by atoms with van der Waals surface area (Å²) in [6.07, 6.45) is 0.779. The molecule has 0 bridgehead atoms. The third kappa shape index (κ3) is 4.07. The highest BCUT2D eigenvalue weighted by molar-refractivity contribution is 7.10. The second-order valence-electron chi connectivity index (χ2n) is 8.42. The number of benzene rings is 1. The van der Waals surface area contributed by atoms with E-state index in [0.29, 0.717) is 44.0 Å². The van der Waals surface area contributed by atoms with Crippen molar-refractivity contribution in [1.29, 1.82) is 0 Å². The van der Waals surface area contributed by atoms with Crippen molar-refractivity contribution in [2.24, 2.45) is 0 Å². The first-order chi connectivity index (χ1) is 16.4. The van der Waals surface area contributed by atoms with Crippen LogP contribution in [0.5, 0.6) is 0 Å². The van der Waals surface area contributed by atoms with Crippen LogP contribution in [-0.4, -0.2) is 59.3 Å². The quantitative estimate of drug-likeness (QED) is 0.400. The van der Waals surface area contributed by atoms with Crippen LogP contribution in [0.25, 0.3) is 0 Å². The molecule has 0 spiro atoms. The Balaban J connectivity index is 1.45. The molecule has 1 aromatic carbocycles. The summed E-state index contributed by atoms with van der Waals surface area (Å²) < 4.78 is 0. The zero-order valence-electron chi connectivity index (χ0n) is 18.7. The Morgan fingerprint density at radius 1 is 1.03 bits per heavy atom. The van der Waals surface area contributed by atoms with Crippen molar-refractivity contribution in [3.05, 3.63) is 78.2 Å². The molecule has 34 heavy (non-hydrogen) atoms. The largest absolute Gasteiger partial charge is 0.362 e. The lowest BCUT2D eigenvalue weighted by atomic mass is 9.97. The van der Waals surface area contributed by atoms with Gasteiger partial charge in [-0.05, 0) is 47.0 Å². The molecule has 0 aliphatic carbocycles. The van der Waals surface area contributed by atoms with Crippen molar-refractivity contribution < 1.29 is 14.5 Å². The van der Waals surface area contributed by atoms with Gasteiger partial charge < -0.3 is 14.7 Å². The van der Waals surface area contributed by atoms with E-state index in [1.807, 2.05) is 27.3 Å². The Bertz CT molecular complexity index is 1230. The maximum Gasteiger partial charge on any atom is 0.293 e. The van der Waals surface area contributed by atoms with Crippen molar-refractivity contribution in [2.75, 3.05) is 37.6 Å². The van der Waals surface area contributed by atoms with E-state index >= 15 is 0 Å². The number of thiophene rings is 2. The Labute approximate surface area is 205 Å². The molecule has 1 fully saturated rings. The van der Waals surface area contributed by atoms with Crippen LogP contribution in [-0.2, 0) is 11.2 Å². The van der Waals surface area contributed by atoms with Crippen LogP contribution in [0.3, 0.4) is 0 Å². The fourth-order valence-electron chi connectivity index (χ4n) is 4.79. The lowest BCUT2D eigenvalue weighted by Crippen LogP contribution is -2.48. The number of carbonyl (C=O) groups is 2. The molecule has 2 aromatic heterocycles. The van der Waals surface area contributed by atoms with Gasteiger partial charge in [0.1, 0.15) is 5.69 Å². The molecule has 0 saturated carbocycles. The fraction of sp³-hybridized carbons (Fsp3) is 0.333. The molecule has 5 rings (SSSR count). The normalized spacial score (nSPS) is 18.0. The Morgan fingerprint density at radius 2 is 1.82 bits per heavy atom. The zero-order valence-corrected chi connectivity index (χ0v) is 20.3. The van der Waals surface area contributed by atoms with Crippen molar-refractivity contribution in [3.63, 3.8) is 0 Å². The van der Waals surface area contributed by atoms with Gasteiger partial charge in [-0.3, -0.25) is 19.7 Å². The van der Waals surface area contributed by atoms with Gasteiger partial charge >= 0.3 is 0 Å². The number of fused-ring (bicyclic) bond motifs is 1. The van der Waals surface area contributed by atoms with E-state index in [2.05, 4.69) is 11.4 Å². The molecule has 0 N–H and O–H groups in total. The summed E-state index contributed by atoms with van der Waals surface area (Å²) in [5.74, 6) is -0.197. The van der Waals surface area contributed by atoms with Gasteiger partial charge in [-0.25, -0.2) is 0 Å². The topological polar surface area (TPSA) is 87.0 Å². The van der Waals surface area contributed by atoms with E-state index in [-0.39, 0.29) is 23.5 Å². The molecule has 0 radical (unpaired) electrons. The van der Waals surface area contributed by atoms with Crippen LogP contribution in [0.1, 0.15) is 38.6 Å². The highest BCUT2D eigenvalue weighted by atomic mass is 32.1. The predicted molar refractivity (Wildman–Crippen MR) is 133 cm³/mol. The van der Waals surface area contributed by atoms with Gasteiger partial charge in [0.25, 0.3) is 11.6 Å². The molecular weight excluding hydrogens is 472 g/mol. The number of hydrogen-bond acceptors (Lipinski definition) is 7. The zero-order chi connectivity index (χ0) is 23.8. The molecule has 2 amide bonds. The van der Waals surface area contributed by atoms with Gasteiger partial charge in [-0.15, -0.1) is 22.7 Å². The van der Waals surface area contributed by atoms with E-state index in [4.69, 9.17) is 0 Å². The lowest BCUT2D eigenvalue weighted by molar-refractivity contribution is -0.384. The predicted octanol–water partition coefficient (Wildman–Crippen LogP) is 4.17. The van der Waals surface area contributed by atoms with Crippen LogP contribution in [0.2, 0.25) is 0 Å². The first kappa shape index (κ1) is 22.5. The molecule has 4 heterocycles. The van der Waals surface area contributed by atoms with E-state index in [1.54, 1.807) is 39.7 Å². The van der Waals surface area contributed by atoms with E-state index in [9.17, 15) is 19.7 Å². The molecule has 1 unspecified atom stereocenters. The molecule has 10 heteroatoms. The smallest absolute Gasteiger partial charge is 0.293 e. The number of piperazine rings is 1. The third-order valence-corrected chi connectivity index (χ3v) is 8.45. The summed E-state index contributed by atoms with van der Waals surface area (Å²) in [7, 11) is 0. The highest BCUT2D eigenvalue weighted by Gasteiger charge is 2.35. The lowest BCUT2D eigenvalue weighted by Gasteiger charge is -2.36. The minimum Gasteiger partial charge on any atom is -0.362 e. The monoisotopic (exact) mass is 496 g/mol. The van der Waals surface area contributed by atoms with E-state index in [1.165, 1.54) is 17.9 Å². The number of nitro groups is 1. The average Bonchev–Trinajstić information content (AvgIpc) is 3.55. The summed E-state index contributed by atoms with van der Waals surface area (Å²) in [6.45, 7) is 4.17. The van der Waals surface area contributed by atoms with Gasteiger partial charge in [-0.1, -0.05) is 6.07 Å². The molecule has 176 valence electrons. The van der Waals surface area contributed by atoms with Gasteiger partial charge in [0.15, 0.2) is 0 Å². The average molecular weight is 497 g/mol. The summed E-state index contributed by atoms with van der Waals surface area (Å²) in [6, 6.07) is 10.7. The number of nitro benzene ring substituents is 1. The number of amides is 2. The number of carbonyl (C=O) groups excluding carboxylic acids is 2. The van der Waals surface area contributed by atoms with E-state index < -0.39 is 4.92 Å². The minimum atomic E-state index is -0.423. The summed E-state index contributed by atoms with van der Waals surface area (Å²) in [5, 5.41) is 16.0. The molecule has 2 aliphatic rings. The minimum absolute atomic E-state index is 0.00528. The third-order valence-electron chi connectivity index (χ3n) is 6.52. The summed E-state index contributed by atoms with van der Waals surface area (Å²) in [4.78, 5) is 44.7. The molecule has 3 aromatic rings. The number of hydrogen-bond donors (Lipinski definition) is 0. The van der Waals surface area contributed by atoms with Crippen molar-refractivity contribution >= 4 is 45.9 Å². The highest BCUT2D eigenvalue weighted by Crippen LogP contribution is 2.40. The van der Waals surface area contributed by atoms with Gasteiger partial charge in [-0.2, -0.15) is 0 Å². The Hall–Kier alpha value is -3.24. The summed E-state index contributed by atoms with van der Waals surface area (Å²) in [5.41, 5.74) is 1.86. The van der Waals surface area contributed by atoms with Crippen LogP contribution < -0.4 is 4.90 Å². The first-order valence-corrected chi connectivity index (χ1v) is 12.9. The SMILES string of the molecule is CC(=O)N1CCN(c2ccc(C(=O)N3CCc4sccc4C3c3cccs3)cc2[N+](=O)[O-])CC1. The van der Waals surface area contributed by atoms with Crippen LogP contribution >= 0.6 is 22.7 Å². The first-order valence-electron chi connectivity index (χ1n) is 11.1. The number of nitrogens with zero attached hydrogens (tertiary/aromatic N) is 4. The second-order valence-corrected chi connectivity index (χ2v) is 10.4. The maximum absolute atomic E-state index is 13.7. The number of anilines is 1. The molecule has 1 atom stereocenters.